The zero-order chi connectivity index (χ0) is 51.8. The lowest BCUT2D eigenvalue weighted by Crippen LogP contribution is -2.74. The average molecular weight is 1020 g/mol. The van der Waals surface area contributed by atoms with Crippen molar-refractivity contribution in [2.45, 2.75) is 118 Å². The van der Waals surface area contributed by atoms with Gasteiger partial charge in [-0.3, -0.25) is 5.32 Å². The van der Waals surface area contributed by atoms with Crippen molar-refractivity contribution >= 4 is 26.1 Å². The third-order valence-corrected chi connectivity index (χ3v) is 15.8. The summed E-state index contributed by atoms with van der Waals surface area (Å²) in [6, 6.07) is 6.28. The lowest BCUT2D eigenvalue weighted by Gasteiger charge is -2.44. The maximum atomic E-state index is 15.0. The molecule has 0 aromatic heterocycles. The van der Waals surface area contributed by atoms with Gasteiger partial charge in [0.15, 0.2) is 8.32 Å². The van der Waals surface area contributed by atoms with Crippen molar-refractivity contribution in [3.05, 3.63) is 84.5 Å². The highest BCUT2D eigenvalue weighted by atomic mass is 28.4. The highest BCUT2D eigenvalue weighted by molar-refractivity contribution is 6.76. The molecule has 1 amide bonds. The molecule has 0 saturated heterocycles. The molecule has 2 aromatic rings. The summed E-state index contributed by atoms with van der Waals surface area (Å²) in [5.41, 5.74) is -2.00. The molecule has 0 saturated carbocycles. The van der Waals surface area contributed by atoms with Gasteiger partial charge in [-0.05, 0) is 59.8 Å². The van der Waals surface area contributed by atoms with Gasteiger partial charge in [-0.1, -0.05) is 58.6 Å². The van der Waals surface area contributed by atoms with Gasteiger partial charge in [-0.15, -0.1) is 0 Å². The summed E-state index contributed by atoms with van der Waals surface area (Å²) in [7, 11) is -4.05. The number of halogens is 19. The summed E-state index contributed by atoms with van der Waals surface area (Å²) in [6.45, 7) is 7.40. The first-order valence-electron chi connectivity index (χ1n) is 19.4. The van der Waals surface area contributed by atoms with Crippen LogP contribution in [0.5, 0.6) is 5.75 Å². The Bertz CT molecular complexity index is 2000. The predicted molar refractivity (Wildman–Crippen MR) is 203 cm³/mol. The third kappa shape index (κ3) is 12.5. The number of benzene rings is 2. The number of hydrogen-bond donors (Lipinski definition) is 1. The maximum absolute atomic E-state index is 15.0. The third-order valence-electron chi connectivity index (χ3n) is 10.2. The van der Waals surface area contributed by atoms with Gasteiger partial charge in [0.2, 0.25) is 0 Å². The Morgan fingerprint density at radius 2 is 1.24 bits per heavy atom. The Morgan fingerprint density at radius 1 is 0.716 bits per heavy atom. The van der Waals surface area contributed by atoms with Crippen LogP contribution in [0.25, 0.3) is 0 Å². The number of nitrogens with one attached hydrogen (secondary N) is 1. The van der Waals surface area contributed by atoms with Crippen molar-refractivity contribution in [2.75, 3.05) is 25.1 Å². The first-order valence-corrected chi connectivity index (χ1v) is 21.6. The Labute approximate surface area is 370 Å². The minimum absolute atomic E-state index is 0.00402. The van der Waals surface area contributed by atoms with Crippen LogP contribution in [-0.4, -0.2) is 87.8 Å². The highest BCUT2D eigenvalue weighted by Gasteiger charge is 2.95. The van der Waals surface area contributed by atoms with Gasteiger partial charge in [0.1, 0.15) is 36.7 Å². The minimum Gasteiger partial charge on any atom is -0.491 e. The summed E-state index contributed by atoms with van der Waals surface area (Å²) in [4.78, 5) is 24.5. The van der Waals surface area contributed by atoms with E-state index in [1.54, 1.807) is 0 Å². The Balaban J connectivity index is 2.28. The first-order chi connectivity index (χ1) is 30.4. The van der Waals surface area contributed by atoms with Crippen molar-refractivity contribution in [1.82, 2.24) is 0 Å². The number of hydrogen-bond acceptors (Lipinski definition) is 6. The van der Waals surface area contributed by atoms with Gasteiger partial charge >= 0.3 is 59.7 Å². The van der Waals surface area contributed by atoms with Crippen molar-refractivity contribution in [3.63, 3.8) is 0 Å². The summed E-state index contributed by atoms with van der Waals surface area (Å²) in [6.07, 6.45) is -8.85. The SMILES string of the molecule is C=CCOC(=O)/C=C/CC[C@H](OC(=O)Nc1ccc(F)cc1F)c1ccc(OCCO[Si](CCC(F)(F)C(F)(F)C(F)(F)C(F)(F)C(F)(F)C(F)(F)C(F)(F)C(F)(F)F)(C(C)C)C(C)C)cc1. The molecule has 0 bridgehead atoms. The van der Waals surface area contributed by atoms with Crippen LogP contribution in [0, 0.1) is 11.6 Å². The molecule has 0 spiro atoms. The monoisotopic (exact) mass is 1020 g/mol. The molecule has 380 valence electrons. The van der Waals surface area contributed by atoms with Crippen LogP contribution in [0.4, 0.5) is 93.9 Å². The Hall–Kier alpha value is -4.69. The van der Waals surface area contributed by atoms with Crippen molar-refractivity contribution < 1.29 is 112 Å². The predicted octanol–water partition coefficient (Wildman–Crippen LogP) is 13.9. The maximum Gasteiger partial charge on any atom is 0.460 e. The number of carbonyl (C=O) groups is 2. The Kier molecular flexibility index (Phi) is 18.9. The lowest BCUT2D eigenvalue weighted by atomic mass is 9.88. The summed E-state index contributed by atoms with van der Waals surface area (Å²) >= 11 is 0. The molecule has 2 aromatic carbocycles. The van der Waals surface area contributed by atoms with E-state index in [-0.39, 0.29) is 30.8 Å². The summed E-state index contributed by atoms with van der Waals surface area (Å²) < 4.78 is 285. The van der Waals surface area contributed by atoms with E-state index in [4.69, 9.17) is 18.6 Å². The standard InChI is InChI=1S/C40H42F19NO6Si/c1-6-18-64-31(61)10-8-7-9-30(66-32(62)60-29-16-13-26(41)22-28(29)42)25-11-14-27(15-12-25)63-19-20-65-67(23(2)3,24(4)5)21-17-33(43,44)34(45,46)35(47,48)36(49,50)37(51,52)38(53,54)39(55,56)40(57,58)59/h6,8,10-16,22-24,30H,1,7,9,17-21H2,2-5H3,(H,60,62)/b10-8+/t30-/m0/s1. The second-order valence-corrected chi connectivity index (χ2v) is 20.2. The fourth-order valence-electron chi connectivity index (χ4n) is 6.29. The van der Waals surface area contributed by atoms with Crippen LogP contribution >= 0.6 is 0 Å². The fourth-order valence-corrected chi connectivity index (χ4v) is 10.8. The number of alkyl halides is 17. The fraction of sp³-hybridized carbons (Fsp3) is 0.550. The van der Waals surface area contributed by atoms with Crippen molar-refractivity contribution in [3.8, 4) is 5.75 Å². The molecule has 0 radical (unpaired) electrons. The average Bonchev–Trinajstić information content (AvgIpc) is 3.21. The summed E-state index contributed by atoms with van der Waals surface area (Å²) in [5, 5.41) is 2.11. The molecular formula is C40H42F19NO6Si. The number of ether oxygens (including phenoxy) is 3. The molecule has 0 aliphatic carbocycles. The van der Waals surface area contributed by atoms with E-state index in [0.29, 0.717) is 6.07 Å². The topological polar surface area (TPSA) is 83.1 Å². The lowest BCUT2D eigenvalue weighted by molar-refractivity contribution is -0.461. The van der Waals surface area contributed by atoms with Crippen molar-refractivity contribution in [1.29, 1.82) is 0 Å². The van der Waals surface area contributed by atoms with E-state index in [1.807, 2.05) is 0 Å². The van der Waals surface area contributed by atoms with Gasteiger partial charge in [-0.25, -0.2) is 18.4 Å². The van der Waals surface area contributed by atoms with Gasteiger partial charge in [0.25, 0.3) is 0 Å². The molecule has 67 heavy (non-hydrogen) atoms. The van der Waals surface area contributed by atoms with Gasteiger partial charge in [-0.2, -0.15) is 74.6 Å². The van der Waals surface area contributed by atoms with E-state index >= 15 is 0 Å². The second-order valence-electron chi connectivity index (χ2n) is 15.2. The Morgan fingerprint density at radius 3 is 1.73 bits per heavy atom. The molecule has 0 unspecified atom stereocenters. The molecule has 1 atom stereocenters. The van der Waals surface area contributed by atoms with Crippen molar-refractivity contribution in [2.24, 2.45) is 0 Å². The molecule has 7 nitrogen and oxygen atoms in total. The molecule has 1 N–H and O–H groups in total. The van der Waals surface area contributed by atoms with E-state index < -0.39 is 128 Å². The molecule has 27 heteroatoms. The van der Waals surface area contributed by atoms with Crippen LogP contribution in [0.15, 0.2) is 67.3 Å². The van der Waals surface area contributed by atoms with Crippen LogP contribution in [-0.2, 0) is 18.7 Å². The summed E-state index contributed by atoms with van der Waals surface area (Å²) in [5.74, 6) is -59.7. The minimum atomic E-state index is -8.72. The van der Waals surface area contributed by atoms with Crippen LogP contribution in [0.1, 0.15) is 58.6 Å². The molecule has 0 aliphatic rings. The highest BCUT2D eigenvalue weighted by Crippen LogP contribution is 2.64. The number of rotatable bonds is 25. The molecule has 0 heterocycles. The van der Waals surface area contributed by atoms with E-state index in [9.17, 15) is 93.0 Å². The number of carbonyl (C=O) groups excluding carboxylic acids is 2. The van der Waals surface area contributed by atoms with Gasteiger partial charge < -0.3 is 18.6 Å². The van der Waals surface area contributed by atoms with Crippen LogP contribution < -0.4 is 10.1 Å². The smallest absolute Gasteiger partial charge is 0.460 e. The zero-order valence-electron chi connectivity index (χ0n) is 35.3. The first kappa shape index (κ1) is 58.4. The zero-order valence-corrected chi connectivity index (χ0v) is 36.3. The van der Waals surface area contributed by atoms with Gasteiger partial charge in [0.05, 0.1) is 12.3 Å². The van der Waals surface area contributed by atoms with E-state index in [2.05, 4.69) is 11.9 Å². The molecule has 0 fully saturated rings. The van der Waals surface area contributed by atoms with Gasteiger partial charge in [0, 0.05) is 18.6 Å². The largest absolute Gasteiger partial charge is 0.491 e. The van der Waals surface area contributed by atoms with Crippen LogP contribution in [0.2, 0.25) is 17.1 Å². The number of esters is 1. The molecule has 0 aliphatic heterocycles. The number of allylic oxidation sites excluding steroid dienone is 1. The quantitative estimate of drug-likeness (QED) is 0.0266. The molecule has 2 rings (SSSR count). The number of amides is 1. The molecular weight excluding hydrogens is 979 g/mol. The number of anilines is 1. The van der Waals surface area contributed by atoms with E-state index in [0.717, 1.165) is 18.2 Å². The normalized spacial score (nSPS) is 14.4. The second kappa shape index (κ2) is 21.7. The van der Waals surface area contributed by atoms with Crippen LogP contribution in [0.3, 0.4) is 0 Å². The van der Waals surface area contributed by atoms with E-state index in [1.165, 1.54) is 64.1 Å².